The molecule has 0 saturated heterocycles. The Morgan fingerprint density at radius 3 is 0.745 bits per heavy atom. The molecule has 0 aliphatic heterocycles. The number of esters is 1. The van der Waals surface area contributed by atoms with Crippen molar-refractivity contribution in [1.29, 1.82) is 0 Å². The molecule has 0 radical (unpaired) electrons. The first kappa shape index (κ1) is 60.7. The van der Waals surface area contributed by atoms with Gasteiger partial charge in [-0.15, -0.1) is 0 Å². The summed E-state index contributed by atoms with van der Waals surface area (Å²) in [4.78, 5) is 182. The Balaban J connectivity index is -0.000000136. The van der Waals surface area contributed by atoms with Crippen LogP contribution in [0.2, 0.25) is 0 Å². The second-order valence-electron chi connectivity index (χ2n) is 9.27. The number of carboxylic acids is 5. The van der Waals surface area contributed by atoms with Crippen LogP contribution < -0.4 is 20.4 Å². The van der Waals surface area contributed by atoms with Gasteiger partial charge in [0.2, 0.25) is 23.1 Å². The van der Waals surface area contributed by atoms with E-state index in [1.54, 1.807) is 0 Å². The second-order valence-corrected chi connectivity index (χ2v) is 9.27. The van der Waals surface area contributed by atoms with Crippen LogP contribution >= 0.6 is 0 Å². The number of hydrogen-bond acceptors (Lipinski definition) is 23. The average Bonchev–Trinajstić information content (AvgIpc) is 3.04. The number of aliphatic carboxylic acids is 5. The van der Waals surface area contributed by atoms with Crippen molar-refractivity contribution in [2.45, 2.75) is 73.1 Å². The molecular weight excluding hydrogens is 792 g/mol. The third kappa shape index (κ3) is 40.2. The van der Waals surface area contributed by atoms with Gasteiger partial charge < -0.3 is 49.4 Å². The van der Waals surface area contributed by atoms with E-state index in [0.717, 1.165) is 27.7 Å². The standard InChI is InChI=1S/4C6H6O5.C6H10O4.Ti/c4*1-3(7)4(8)2-5(9)6(10)11;1-2-3-6(9)10-4-5(7)8;/h4*2H2,1H3,(H,10,11);2-4H2,1H3,(H,7,8);/q;;;;;+4/p-4. The van der Waals surface area contributed by atoms with Crippen LogP contribution in [0, 0.1) is 0 Å². The number of carboxylic acid groups (broad SMARTS) is 5. The van der Waals surface area contributed by atoms with Crippen molar-refractivity contribution >= 4 is 105 Å². The summed E-state index contributed by atoms with van der Waals surface area (Å²) in [5.41, 5.74) is 0. The van der Waals surface area contributed by atoms with Gasteiger partial charge in [-0.1, -0.05) is 6.92 Å². The number of ether oxygens (including phenoxy) is 1. The molecule has 0 bridgehead atoms. The van der Waals surface area contributed by atoms with Gasteiger partial charge in [-0.05, 0) is 6.42 Å². The van der Waals surface area contributed by atoms with Gasteiger partial charge in [-0.2, -0.15) is 0 Å². The summed E-state index contributed by atoms with van der Waals surface area (Å²) in [7, 11) is 0. The SMILES string of the molecule is CC(=O)C(=O)CC(=O)C(=O)[O-].CC(=O)C(=O)CC(=O)C(=O)[O-].CC(=O)C(=O)CC(=O)C(=O)[O-].CC(=O)C(=O)CC(=O)C(=O)[O-].CCCC(=O)OCC(=O)O.[Ti+4]. The fourth-order valence-electron chi connectivity index (χ4n) is 1.79. The molecule has 0 aromatic rings. The van der Waals surface area contributed by atoms with Crippen LogP contribution in [-0.4, -0.2) is 117 Å². The third-order valence-electron chi connectivity index (χ3n) is 4.58. The number of carbonyl (C=O) groups excluding carboxylic acids is 17. The Hall–Kier alpha value is -6.43. The first-order chi connectivity index (χ1) is 24.5. The summed E-state index contributed by atoms with van der Waals surface area (Å²) in [5.74, 6) is -22.2. The van der Waals surface area contributed by atoms with Crippen LogP contribution in [0.1, 0.15) is 73.1 Å². The van der Waals surface area contributed by atoms with Crippen molar-refractivity contribution in [3.8, 4) is 0 Å². The maximum atomic E-state index is 10.5. The van der Waals surface area contributed by atoms with Crippen LogP contribution in [0.3, 0.4) is 0 Å². The van der Waals surface area contributed by atoms with Crippen molar-refractivity contribution in [2.75, 3.05) is 6.61 Å². The van der Waals surface area contributed by atoms with Gasteiger partial charge in [-0.3, -0.25) is 62.3 Å². The number of rotatable bonds is 20. The van der Waals surface area contributed by atoms with Gasteiger partial charge in [0.1, 0.15) is 23.9 Å². The minimum atomic E-state index is -1.94. The molecule has 24 nitrogen and oxygen atoms in total. The first-order valence-corrected chi connectivity index (χ1v) is 13.9. The molecule has 0 fully saturated rings. The minimum absolute atomic E-state index is 0. The van der Waals surface area contributed by atoms with Gasteiger partial charge in [0, 0.05) is 34.1 Å². The first-order valence-electron chi connectivity index (χ1n) is 13.9. The fraction of sp³-hybridized carbons (Fsp3) is 0.400. The zero-order valence-electron chi connectivity index (χ0n) is 29.3. The van der Waals surface area contributed by atoms with Gasteiger partial charge in [0.05, 0.1) is 25.7 Å². The number of Topliss-reactive ketones (excluding diaryl/α,β-unsaturated/α-hetero) is 12. The molecule has 0 saturated carbocycles. The monoisotopic (exact) mass is 822 g/mol. The fourth-order valence-corrected chi connectivity index (χ4v) is 1.79. The molecular formula is C30H30O24Ti. The summed E-state index contributed by atoms with van der Waals surface area (Å²) >= 11 is 0. The summed E-state index contributed by atoms with van der Waals surface area (Å²) in [6.45, 7) is 5.15. The van der Waals surface area contributed by atoms with Crippen molar-refractivity contribution in [3.63, 3.8) is 0 Å². The summed E-state index contributed by atoms with van der Waals surface area (Å²) in [6, 6.07) is 0. The van der Waals surface area contributed by atoms with Crippen LogP contribution in [0.15, 0.2) is 0 Å². The summed E-state index contributed by atoms with van der Waals surface area (Å²) in [5, 5.41) is 47.0. The zero-order valence-corrected chi connectivity index (χ0v) is 30.8. The van der Waals surface area contributed by atoms with Crippen LogP contribution in [0.4, 0.5) is 0 Å². The third-order valence-corrected chi connectivity index (χ3v) is 4.58. The van der Waals surface area contributed by atoms with Crippen LogP contribution in [0.25, 0.3) is 0 Å². The number of carbonyl (C=O) groups is 18. The normalized spacial score (nSPS) is 8.67. The molecule has 0 aromatic carbocycles. The van der Waals surface area contributed by atoms with Crippen molar-refractivity contribution in [3.05, 3.63) is 0 Å². The van der Waals surface area contributed by atoms with E-state index >= 15 is 0 Å². The largest absolute Gasteiger partial charge is 4.00 e. The molecule has 0 aromatic heterocycles. The molecule has 0 amide bonds. The Morgan fingerprint density at radius 1 is 0.418 bits per heavy atom. The molecule has 0 unspecified atom stereocenters. The minimum Gasteiger partial charge on any atom is -0.542 e. The van der Waals surface area contributed by atoms with E-state index in [2.05, 4.69) is 4.74 Å². The molecule has 0 heterocycles. The Kier molecular flexibility index (Phi) is 36.8. The van der Waals surface area contributed by atoms with E-state index in [1.807, 2.05) is 6.92 Å². The van der Waals surface area contributed by atoms with E-state index in [4.69, 9.17) is 5.11 Å². The Bertz CT molecular complexity index is 1280. The topological polar surface area (TPSA) is 429 Å². The van der Waals surface area contributed by atoms with Crippen LogP contribution in [-0.2, 0) is 113 Å². The van der Waals surface area contributed by atoms with E-state index in [9.17, 15) is 107 Å². The number of ketones is 12. The van der Waals surface area contributed by atoms with Crippen molar-refractivity contribution < 1.29 is 138 Å². The van der Waals surface area contributed by atoms with E-state index in [-0.39, 0.29) is 28.1 Å². The molecule has 0 aliphatic carbocycles. The second kappa shape index (κ2) is 33.4. The predicted molar refractivity (Wildman–Crippen MR) is 155 cm³/mol. The van der Waals surface area contributed by atoms with Crippen molar-refractivity contribution in [1.82, 2.24) is 0 Å². The Morgan fingerprint density at radius 2 is 0.618 bits per heavy atom. The molecule has 55 heavy (non-hydrogen) atoms. The maximum Gasteiger partial charge on any atom is 4.00 e. The van der Waals surface area contributed by atoms with E-state index in [0.29, 0.717) is 6.42 Å². The summed E-state index contributed by atoms with van der Waals surface area (Å²) < 4.78 is 4.31. The van der Waals surface area contributed by atoms with Gasteiger partial charge in [0.15, 0.2) is 52.9 Å². The van der Waals surface area contributed by atoms with E-state index in [1.165, 1.54) is 0 Å². The molecule has 1 N–H and O–H groups in total. The zero-order chi connectivity index (χ0) is 44.0. The predicted octanol–water partition coefficient (Wildman–Crippen LogP) is -8.17. The van der Waals surface area contributed by atoms with Crippen LogP contribution in [0.5, 0.6) is 0 Å². The molecule has 0 spiro atoms. The maximum absolute atomic E-state index is 10.5. The van der Waals surface area contributed by atoms with Crippen molar-refractivity contribution in [2.24, 2.45) is 0 Å². The van der Waals surface area contributed by atoms with Gasteiger partial charge in [-0.25, -0.2) is 4.79 Å². The molecule has 298 valence electrons. The molecule has 25 heteroatoms. The quantitative estimate of drug-likeness (QED) is 0.0515. The van der Waals surface area contributed by atoms with Gasteiger partial charge in [0.25, 0.3) is 0 Å². The average molecular weight is 822 g/mol. The van der Waals surface area contributed by atoms with Gasteiger partial charge >= 0.3 is 33.7 Å². The smallest absolute Gasteiger partial charge is 0.542 e. The number of hydrogen-bond donors (Lipinski definition) is 1. The molecule has 0 atom stereocenters. The molecule has 0 rings (SSSR count). The van der Waals surface area contributed by atoms with E-state index < -0.39 is 138 Å². The summed E-state index contributed by atoms with van der Waals surface area (Å²) in [6.07, 6.45) is -2.66. The Labute approximate surface area is 322 Å². The molecule has 0 aliphatic rings.